The quantitative estimate of drug-likeness (QED) is 0.450. The molecule has 0 heterocycles. The van der Waals surface area contributed by atoms with Gasteiger partial charge in [0, 0.05) is 3.57 Å². The zero-order chi connectivity index (χ0) is 15.2. The Labute approximate surface area is 136 Å². The van der Waals surface area contributed by atoms with Crippen LogP contribution in [0.5, 0.6) is 5.75 Å². The second kappa shape index (κ2) is 7.21. The molecular weight excluding hydrogens is 383 g/mol. The Morgan fingerprint density at radius 3 is 2.29 bits per heavy atom. The maximum Gasteiger partial charge on any atom is 0.344 e. The number of ether oxygens (including phenoxy) is 2. The van der Waals surface area contributed by atoms with Crippen molar-refractivity contribution in [2.24, 2.45) is 0 Å². The van der Waals surface area contributed by atoms with Gasteiger partial charge in [-0.25, -0.2) is 9.59 Å². The predicted molar refractivity (Wildman–Crippen MR) is 86.5 cm³/mol. The van der Waals surface area contributed by atoms with Gasteiger partial charge in [0.25, 0.3) is 0 Å². The minimum absolute atomic E-state index is 0.321. The maximum atomic E-state index is 12.0. The smallest absolute Gasteiger partial charge is 0.344 e. The van der Waals surface area contributed by atoms with E-state index in [0.717, 1.165) is 3.57 Å². The Balaban J connectivity index is 2.09. The zero-order valence-corrected chi connectivity index (χ0v) is 13.5. The van der Waals surface area contributed by atoms with E-state index in [1.165, 1.54) is 0 Å². The van der Waals surface area contributed by atoms with E-state index in [1.54, 1.807) is 43.3 Å². The van der Waals surface area contributed by atoms with E-state index in [4.69, 9.17) is 9.47 Å². The monoisotopic (exact) mass is 396 g/mol. The van der Waals surface area contributed by atoms with Gasteiger partial charge in [0.15, 0.2) is 0 Å². The molecule has 0 aliphatic carbocycles. The molecule has 0 aromatic heterocycles. The van der Waals surface area contributed by atoms with Crippen molar-refractivity contribution >= 4 is 34.5 Å². The molecule has 0 radical (unpaired) electrons. The van der Waals surface area contributed by atoms with Gasteiger partial charge >= 0.3 is 11.9 Å². The molecule has 108 valence electrons. The number of esters is 2. The molecule has 0 unspecified atom stereocenters. The molecule has 0 saturated carbocycles. The first kappa shape index (κ1) is 15.5. The molecule has 0 saturated heterocycles. The van der Waals surface area contributed by atoms with Crippen LogP contribution in [0.25, 0.3) is 0 Å². The molecule has 0 aliphatic heterocycles. The standard InChI is InChI=1S/C16H13IO4/c1-2-20-15(18)11-7-9-12(10-8-11)21-16(19)13-5-3-4-6-14(13)17/h3-10H,2H2,1H3. The van der Waals surface area contributed by atoms with Crippen LogP contribution >= 0.6 is 22.6 Å². The van der Waals surface area contributed by atoms with Crippen molar-refractivity contribution in [3.8, 4) is 5.75 Å². The third-order valence-corrected chi connectivity index (χ3v) is 3.61. The van der Waals surface area contributed by atoms with Crippen molar-refractivity contribution in [1.82, 2.24) is 0 Å². The molecule has 0 N–H and O–H groups in total. The molecule has 0 spiro atoms. The van der Waals surface area contributed by atoms with Crippen molar-refractivity contribution in [2.45, 2.75) is 6.92 Å². The van der Waals surface area contributed by atoms with Gasteiger partial charge in [-0.1, -0.05) is 12.1 Å². The Kier molecular flexibility index (Phi) is 5.32. The summed E-state index contributed by atoms with van der Waals surface area (Å²) in [7, 11) is 0. The van der Waals surface area contributed by atoms with Gasteiger partial charge in [-0.05, 0) is 65.9 Å². The van der Waals surface area contributed by atoms with Crippen LogP contribution in [0.15, 0.2) is 48.5 Å². The average molecular weight is 396 g/mol. The SMILES string of the molecule is CCOC(=O)c1ccc(OC(=O)c2ccccc2I)cc1. The van der Waals surface area contributed by atoms with Crippen molar-refractivity contribution < 1.29 is 19.1 Å². The summed E-state index contributed by atoms with van der Waals surface area (Å²) in [4.78, 5) is 23.6. The Morgan fingerprint density at radius 2 is 1.67 bits per heavy atom. The van der Waals surface area contributed by atoms with Crippen LogP contribution in [-0.4, -0.2) is 18.5 Å². The number of rotatable bonds is 4. The van der Waals surface area contributed by atoms with Crippen LogP contribution in [-0.2, 0) is 4.74 Å². The van der Waals surface area contributed by atoms with Gasteiger partial charge in [0.1, 0.15) is 5.75 Å². The van der Waals surface area contributed by atoms with E-state index in [2.05, 4.69) is 22.6 Å². The molecule has 0 atom stereocenters. The lowest BCUT2D eigenvalue weighted by Gasteiger charge is -2.06. The summed E-state index contributed by atoms with van der Waals surface area (Å²) in [6.45, 7) is 2.07. The highest BCUT2D eigenvalue weighted by Crippen LogP contribution is 2.17. The molecule has 4 nitrogen and oxygen atoms in total. The lowest BCUT2D eigenvalue weighted by Crippen LogP contribution is -2.10. The fraction of sp³-hybridized carbons (Fsp3) is 0.125. The summed E-state index contributed by atoms with van der Waals surface area (Å²) < 4.78 is 11.0. The lowest BCUT2D eigenvalue weighted by molar-refractivity contribution is 0.0526. The van der Waals surface area contributed by atoms with Gasteiger partial charge in [-0.2, -0.15) is 0 Å². The first-order valence-electron chi connectivity index (χ1n) is 6.35. The van der Waals surface area contributed by atoms with Crippen LogP contribution < -0.4 is 4.74 Å². The van der Waals surface area contributed by atoms with E-state index >= 15 is 0 Å². The highest BCUT2D eigenvalue weighted by atomic mass is 127. The van der Waals surface area contributed by atoms with E-state index in [0.29, 0.717) is 23.5 Å². The lowest BCUT2D eigenvalue weighted by atomic mass is 10.2. The number of carbonyl (C=O) groups excluding carboxylic acids is 2. The van der Waals surface area contributed by atoms with Crippen molar-refractivity contribution in [1.29, 1.82) is 0 Å². The highest BCUT2D eigenvalue weighted by Gasteiger charge is 2.12. The summed E-state index contributed by atoms with van der Waals surface area (Å²) in [5.41, 5.74) is 0.929. The number of benzene rings is 2. The van der Waals surface area contributed by atoms with Gasteiger partial charge in [-0.15, -0.1) is 0 Å². The minimum atomic E-state index is -0.427. The molecule has 0 amide bonds. The summed E-state index contributed by atoms with van der Waals surface area (Å²) in [6, 6.07) is 13.4. The van der Waals surface area contributed by atoms with Gasteiger partial charge in [0.05, 0.1) is 17.7 Å². The predicted octanol–water partition coefficient (Wildman–Crippen LogP) is 3.69. The van der Waals surface area contributed by atoms with Crippen LogP contribution in [0, 0.1) is 3.57 Å². The Hall–Kier alpha value is -1.89. The van der Waals surface area contributed by atoms with Crippen LogP contribution in [0.2, 0.25) is 0 Å². The molecule has 2 rings (SSSR count). The fourth-order valence-electron chi connectivity index (χ4n) is 1.66. The van der Waals surface area contributed by atoms with Crippen molar-refractivity contribution in [3.63, 3.8) is 0 Å². The molecule has 2 aromatic rings. The van der Waals surface area contributed by atoms with Gasteiger partial charge in [-0.3, -0.25) is 0 Å². The molecule has 0 aliphatic rings. The zero-order valence-electron chi connectivity index (χ0n) is 11.3. The second-order valence-electron chi connectivity index (χ2n) is 4.11. The first-order chi connectivity index (χ1) is 10.1. The normalized spacial score (nSPS) is 10.0. The molecule has 2 aromatic carbocycles. The maximum absolute atomic E-state index is 12.0. The molecule has 0 fully saturated rings. The topological polar surface area (TPSA) is 52.6 Å². The number of hydrogen-bond acceptors (Lipinski definition) is 4. The van der Waals surface area contributed by atoms with Crippen LogP contribution in [0.4, 0.5) is 0 Å². The third-order valence-electron chi connectivity index (χ3n) is 2.67. The summed E-state index contributed by atoms with van der Waals surface area (Å²) in [6.07, 6.45) is 0. The van der Waals surface area contributed by atoms with E-state index in [1.807, 2.05) is 12.1 Å². The Morgan fingerprint density at radius 1 is 1.00 bits per heavy atom. The average Bonchev–Trinajstić information content (AvgIpc) is 2.48. The summed E-state index contributed by atoms with van der Waals surface area (Å²) in [5.74, 6) is -0.440. The van der Waals surface area contributed by atoms with E-state index in [9.17, 15) is 9.59 Å². The van der Waals surface area contributed by atoms with Crippen molar-refractivity contribution in [3.05, 3.63) is 63.2 Å². The second-order valence-corrected chi connectivity index (χ2v) is 5.28. The van der Waals surface area contributed by atoms with Crippen LogP contribution in [0.1, 0.15) is 27.6 Å². The number of carbonyl (C=O) groups is 2. The number of hydrogen-bond donors (Lipinski definition) is 0. The van der Waals surface area contributed by atoms with Crippen LogP contribution in [0.3, 0.4) is 0 Å². The number of halogens is 1. The molecule has 5 heteroatoms. The largest absolute Gasteiger partial charge is 0.462 e. The minimum Gasteiger partial charge on any atom is -0.462 e. The van der Waals surface area contributed by atoms with E-state index < -0.39 is 11.9 Å². The summed E-state index contributed by atoms with van der Waals surface area (Å²) in [5, 5.41) is 0. The third kappa shape index (κ3) is 4.04. The van der Waals surface area contributed by atoms with Crippen molar-refractivity contribution in [2.75, 3.05) is 6.61 Å². The molecule has 21 heavy (non-hydrogen) atoms. The molecular formula is C16H13IO4. The molecule has 0 bridgehead atoms. The highest BCUT2D eigenvalue weighted by molar-refractivity contribution is 14.1. The first-order valence-corrected chi connectivity index (χ1v) is 7.43. The van der Waals surface area contributed by atoms with Gasteiger partial charge < -0.3 is 9.47 Å². The summed E-state index contributed by atoms with van der Waals surface area (Å²) >= 11 is 2.08. The van der Waals surface area contributed by atoms with Gasteiger partial charge in [0.2, 0.25) is 0 Å². The Bertz CT molecular complexity index is 650. The fourth-order valence-corrected chi connectivity index (χ4v) is 2.27. The van der Waals surface area contributed by atoms with E-state index in [-0.39, 0.29) is 0 Å².